The molecule has 1 N–H and O–H groups in total. The molecule has 4 rings (SSSR count). The Labute approximate surface area is 167 Å². The second-order valence-corrected chi connectivity index (χ2v) is 7.10. The fourth-order valence-corrected chi connectivity index (χ4v) is 3.48. The van der Waals surface area contributed by atoms with Crippen molar-refractivity contribution in [2.45, 2.75) is 13.2 Å². The summed E-state index contributed by atoms with van der Waals surface area (Å²) < 4.78 is 8.19. The topological polar surface area (TPSA) is 34.4 Å². The minimum atomic E-state index is -0.151. The fourth-order valence-electron chi connectivity index (χ4n) is 3.18. The van der Waals surface area contributed by atoms with Gasteiger partial charge in [0.25, 0.3) is 0 Å². The van der Waals surface area contributed by atoms with Crippen LogP contribution in [0.15, 0.2) is 72.8 Å². The van der Waals surface area contributed by atoms with Gasteiger partial charge in [-0.1, -0.05) is 53.5 Å². The minimum absolute atomic E-state index is 0.151. The number of hydrogen-bond donors (Lipinski definition) is 1. The van der Waals surface area contributed by atoms with Gasteiger partial charge in [0.05, 0.1) is 17.8 Å². The first-order valence-electron chi connectivity index (χ1n) is 8.54. The van der Waals surface area contributed by atoms with Gasteiger partial charge >= 0.3 is 0 Å². The van der Waals surface area contributed by atoms with Crippen molar-refractivity contribution in [2.75, 3.05) is 0 Å². The van der Waals surface area contributed by atoms with E-state index < -0.39 is 0 Å². The van der Waals surface area contributed by atoms with Gasteiger partial charge in [-0.05, 0) is 48.0 Å². The smallest absolute Gasteiger partial charge is 0.158 e. The maximum Gasteiger partial charge on any atom is 0.158 e. The third-order valence-electron chi connectivity index (χ3n) is 4.45. The minimum Gasteiger partial charge on any atom is -0.455 e. The number of aliphatic hydroxyl groups is 1. The maximum atomic E-state index is 10.1. The molecule has 0 spiro atoms. The highest BCUT2D eigenvalue weighted by Gasteiger charge is 2.19. The molecule has 0 saturated carbocycles. The van der Waals surface area contributed by atoms with Crippen LogP contribution in [0.4, 0.5) is 0 Å². The third kappa shape index (κ3) is 3.67. The SMILES string of the molecule is OCc1c(Oc2ccccc2)c2cc(Cl)ccc2n1Cc1ccc(Cl)cc1. The normalized spacial score (nSPS) is 11.1. The summed E-state index contributed by atoms with van der Waals surface area (Å²) >= 11 is 12.2. The van der Waals surface area contributed by atoms with Gasteiger partial charge in [0.1, 0.15) is 5.75 Å². The quantitative estimate of drug-likeness (QED) is 0.429. The van der Waals surface area contributed by atoms with Crippen LogP contribution < -0.4 is 4.74 Å². The van der Waals surface area contributed by atoms with Gasteiger partial charge in [-0.15, -0.1) is 0 Å². The molecule has 0 aliphatic heterocycles. The Morgan fingerprint density at radius 1 is 0.852 bits per heavy atom. The number of nitrogens with zero attached hydrogens (tertiary/aromatic N) is 1. The van der Waals surface area contributed by atoms with Crippen LogP contribution in [0.5, 0.6) is 11.5 Å². The monoisotopic (exact) mass is 397 g/mol. The van der Waals surface area contributed by atoms with Crippen LogP contribution in [0.2, 0.25) is 10.0 Å². The molecule has 3 nitrogen and oxygen atoms in total. The molecule has 27 heavy (non-hydrogen) atoms. The van der Waals surface area contributed by atoms with Crippen LogP contribution in [0, 0.1) is 0 Å². The summed E-state index contributed by atoms with van der Waals surface area (Å²) in [5, 5.41) is 12.3. The van der Waals surface area contributed by atoms with Crippen LogP contribution in [-0.2, 0) is 13.2 Å². The predicted molar refractivity (Wildman–Crippen MR) is 110 cm³/mol. The number of aliphatic hydroxyl groups excluding tert-OH is 1. The summed E-state index contributed by atoms with van der Waals surface area (Å²) in [6.07, 6.45) is 0. The lowest BCUT2D eigenvalue weighted by Crippen LogP contribution is -2.05. The van der Waals surface area contributed by atoms with E-state index >= 15 is 0 Å². The highest BCUT2D eigenvalue weighted by Crippen LogP contribution is 2.38. The van der Waals surface area contributed by atoms with Gasteiger partial charge in [-0.25, -0.2) is 0 Å². The van der Waals surface area contributed by atoms with E-state index in [1.165, 1.54) is 0 Å². The van der Waals surface area contributed by atoms with Crippen molar-refractivity contribution < 1.29 is 9.84 Å². The van der Waals surface area contributed by atoms with Crippen molar-refractivity contribution in [3.05, 3.63) is 94.1 Å². The average molecular weight is 398 g/mol. The number of aromatic nitrogens is 1. The van der Waals surface area contributed by atoms with Crippen molar-refractivity contribution in [2.24, 2.45) is 0 Å². The Morgan fingerprint density at radius 3 is 2.26 bits per heavy atom. The van der Waals surface area contributed by atoms with Gasteiger partial charge in [0, 0.05) is 22.0 Å². The number of rotatable bonds is 5. The molecule has 4 aromatic rings. The summed E-state index contributed by atoms with van der Waals surface area (Å²) in [4.78, 5) is 0. The van der Waals surface area contributed by atoms with Crippen molar-refractivity contribution in [1.82, 2.24) is 4.57 Å². The molecule has 0 aliphatic rings. The second-order valence-electron chi connectivity index (χ2n) is 6.22. The molecule has 3 aromatic carbocycles. The van der Waals surface area contributed by atoms with E-state index in [0.717, 1.165) is 16.5 Å². The van der Waals surface area contributed by atoms with Crippen LogP contribution in [0.1, 0.15) is 11.3 Å². The Bertz CT molecular complexity index is 1070. The molecule has 0 amide bonds. The summed E-state index contributed by atoms with van der Waals surface area (Å²) in [6, 6.07) is 22.8. The summed E-state index contributed by atoms with van der Waals surface area (Å²) in [5.41, 5.74) is 2.72. The second kappa shape index (κ2) is 7.65. The van der Waals surface area contributed by atoms with E-state index in [1.54, 1.807) is 0 Å². The summed E-state index contributed by atoms with van der Waals surface area (Å²) in [5.74, 6) is 1.33. The highest BCUT2D eigenvalue weighted by molar-refractivity contribution is 6.31. The number of hydrogen-bond acceptors (Lipinski definition) is 2. The number of halogens is 2. The van der Waals surface area contributed by atoms with Gasteiger partial charge in [-0.3, -0.25) is 0 Å². The number of para-hydroxylation sites is 1. The molecule has 0 aliphatic carbocycles. The van der Waals surface area contributed by atoms with Gasteiger partial charge in [-0.2, -0.15) is 0 Å². The first-order chi connectivity index (χ1) is 13.2. The van der Waals surface area contributed by atoms with Crippen molar-refractivity contribution in [3.63, 3.8) is 0 Å². The molecule has 0 unspecified atom stereocenters. The zero-order valence-electron chi connectivity index (χ0n) is 14.4. The first-order valence-corrected chi connectivity index (χ1v) is 9.30. The lowest BCUT2D eigenvalue weighted by Gasteiger charge is -2.11. The predicted octanol–water partition coefficient (Wildman–Crippen LogP) is 6.28. The Balaban J connectivity index is 1.86. The van der Waals surface area contributed by atoms with Gasteiger partial charge < -0.3 is 14.4 Å². The Morgan fingerprint density at radius 2 is 1.56 bits per heavy atom. The van der Waals surface area contributed by atoms with E-state index in [-0.39, 0.29) is 6.61 Å². The van der Waals surface area contributed by atoms with Crippen molar-refractivity contribution in [3.8, 4) is 11.5 Å². The van der Waals surface area contributed by atoms with Crippen molar-refractivity contribution in [1.29, 1.82) is 0 Å². The van der Waals surface area contributed by atoms with Crippen molar-refractivity contribution >= 4 is 34.1 Å². The molecule has 0 fully saturated rings. The molecule has 1 aromatic heterocycles. The highest BCUT2D eigenvalue weighted by atomic mass is 35.5. The summed E-state index contributed by atoms with van der Waals surface area (Å²) in [6.45, 7) is 0.436. The van der Waals surface area contributed by atoms with Crippen LogP contribution in [-0.4, -0.2) is 9.67 Å². The zero-order valence-corrected chi connectivity index (χ0v) is 15.9. The number of fused-ring (bicyclic) bond motifs is 1. The van der Waals surface area contributed by atoms with Crippen LogP contribution in [0.25, 0.3) is 10.9 Å². The molecule has 1 heterocycles. The molecular weight excluding hydrogens is 381 g/mol. The van der Waals surface area contributed by atoms with E-state index in [1.807, 2.05) is 77.4 Å². The zero-order chi connectivity index (χ0) is 18.8. The third-order valence-corrected chi connectivity index (χ3v) is 4.94. The van der Waals surface area contributed by atoms with E-state index in [0.29, 0.717) is 33.8 Å². The standard InChI is InChI=1S/C22H17Cl2NO2/c23-16-8-6-15(7-9-16)13-25-20-11-10-17(24)12-19(20)22(21(25)14-26)27-18-4-2-1-3-5-18/h1-12,26H,13-14H2. The Kier molecular flexibility index (Phi) is 5.08. The molecule has 0 bridgehead atoms. The lowest BCUT2D eigenvalue weighted by atomic mass is 10.2. The molecule has 5 heteroatoms. The molecule has 0 atom stereocenters. The van der Waals surface area contributed by atoms with Gasteiger partial charge in [0.2, 0.25) is 0 Å². The van der Waals surface area contributed by atoms with E-state index in [4.69, 9.17) is 27.9 Å². The molecule has 136 valence electrons. The summed E-state index contributed by atoms with van der Waals surface area (Å²) in [7, 11) is 0. The van der Waals surface area contributed by atoms with E-state index in [9.17, 15) is 5.11 Å². The van der Waals surface area contributed by atoms with Crippen LogP contribution in [0.3, 0.4) is 0 Å². The van der Waals surface area contributed by atoms with Gasteiger partial charge in [0.15, 0.2) is 5.75 Å². The lowest BCUT2D eigenvalue weighted by molar-refractivity contribution is 0.267. The molecule has 0 radical (unpaired) electrons. The Hall–Kier alpha value is -2.46. The van der Waals surface area contributed by atoms with Crippen LogP contribution >= 0.6 is 23.2 Å². The van der Waals surface area contributed by atoms with E-state index in [2.05, 4.69) is 0 Å². The largest absolute Gasteiger partial charge is 0.455 e. The number of ether oxygens (including phenoxy) is 1. The first kappa shape index (κ1) is 17.9. The average Bonchev–Trinajstić information content (AvgIpc) is 2.96. The molecule has 0 saturated heterocycles. The number of benzene rings is 3. The molecular formula is C22H17Cl2NO2. The maximum absolute atomic E-state index is 10.1. The fraction of sp³-hybridized carbons (Fsp3) is 0.0909.